The summed E-state index contributed by atoms with van der Waals surface area (Å²) in [4.78, 5) is 28.3. The molecule has 1 amide bonds. The second-order valence-electron chi connectivity index (χ2n) is 3.26. The van der Waals surface area contributed by atoms with Crippen molar-refractivity contribution in [1.29, 1.82) is 0 Å². The van der Waals surface area contributed by atoms with Crippen LogP contribution >= 0.6 is 27.7 Å². The zero-order chi connectivity index (χ0) is 13.7. The quantitative estimate of drug-likeness (QED) is 0.654. The number of methoxy groups -OCH3 is 1. The number of hydrogen-bond donors (Lipinski definition) is 2. The fourth-order valence-electron chi connectivity index (χ4n) is 1.23. The van der Waals surface area contributed by atoms with Crippen molar-refractivity contribution in [3.63, 3.8) is 0 Å². The first-order valence-electron chi connectivity index (χ1n) is 5.18. The molecule has 0 bridgehead atoms. The van der Waals surface area contributed by atoms with Gasteiger partial charge >= 0.3 is 6.09 Å². The van der Waals surface area contributed by atoms with Crippen LogP contribution in [0.25, 0.3) is 11.2 Å². The summed E-state index contributed by atoms with van der Waals surface area (Å²) in [6, 6.07) is 0. The number of amides is 1. The predicted molar refractivity (Wildman–Crippen MR) is 76.5 cm³/mol. The number of aromatic amines is 1. The van der Waals surface area contributed by atoms with Crippen molar-refractivity contribution in [2.75, 3.05) is 18.2 Å². The van der Waals surface area contributed by atoms with E-state index in [9.17, 15) is 4.79 Å². The molecule has 2 aromatic heterocycles. The second-order valence-corrected chi connectivity index (χ2v) is 4.78. The number of carbonyl (C=O) groups excluding carboxylic acids is 1. The highest BCUT2D eigenvalue weighted by Gasteiger charge is 2.08. The number of halogens is 1. The number of aromatic nitrogens is 4. The maximum Gasteiger partial charge on any atom is 0.413 e. The van der Waals surface area contributed by atoms with E-state index in [0.29, 0.717) is 16.3 Å². The number of nitrogens with zero attached hydrogens (tertiary/aromatic N) is 3. The van der Waals surface area contributed by atoms with Crippen molar-refractivity contribution in [2.45, 2.75) is 5.16 Å². The summed E-state index contributed by atoms with van der Waals surface area (Å²) in [5, 5.41) is 3.05. The van der Waals surface area contributed by atoms with Crippen LogP contribution in [0.3, 0.4) is 0 Å². The Kier molecular flexibility index (Phi) is 4.74. The maximum atomic E-state index is 11.1. The summed E-state index contributed by atoms with van der Waals surface area (Å²) in [7, 11) is 1.28. The van der Waals surface area contributed by atoms with Crippen molar-refractivity contribution in [2.24, 2.45) is 0 Å². The van der Waals surface area contributed by atoms with Gasteiger partial charge in [0.1, 0.15) is 5.52 Å². The van der Waals surface area contributed by atoms with Gasteiger partial charge in [0.25, 0.3) is 0 Å². The zero-order valence-corrected chi connectivity index (χ0v) is 12.3. The van der Waals surface area contributed by atoms with E-state index in [4.69, 9.17) is 0 Å². The number of imidazole rings is 1. The molecule has 2 aromatic rings. The Labute approximate surface area is 121 Å². The first kappa shape index (κ1) is 13.8. The van der Waals surface area contributed by atoms with Crippen molar-refractivity contribution in [3.05, 3.63) is 17.3 Å². The van der Waals surface area contributed by atoms with Gasteiger partial charge in [-0.3, -0.25) is 5.32 Å². The lowest BCUT2D eigenvalue weighted by Crippen LogP contribution is -2.11. The molecule has 2 heterocycles. The minimum Gasteiger partial charge on any atom is -0.453 e. The first-order valence-corrected chi connectivity index (χ1v) is 7.09. The Morgan fingerprint density at radius 2 is 2.47 bits per heavy atom. The summed E-state index contributed by atoms with van der Waals surface area (Å²) in [5.74, 6) is 1.03. The number of carbonyl (C=O) groups is 1. The van der Waals surface area contributed by atoms with Gasteiger partial charge in [0, 0.05) is 5.75 Å². The summed E-state index contributed by atoms with van der Waals surface area (Å²) < 4.78 is 4.48. The summed E-state index contributed by atoms with van der Waals surface area (Å²) in [5.41, 5.74) is 1.14. The van der Waals surface area contributed by atoms with Crippen LogP contribution < -0.4 is 5.32 Å². The van der Waals surface area contributed by atoms with E-state index in [1.807, 2.05) is 6.08 Å². The smallest absolute Gasteiger partial charge is 0.413 e. The average Bonchev–Trinajstić information content (AvgIpc) is 2.80. The third-order valence-electron chi connectivity index (χ3n) is 2.02. The van der Waals surface area contributed by atoms with Crippen LogP contribution in [0.1, 0.15) is 0 Å². The number of thioether (sulfide) groups is 1. The van der Waals surface area contributed by atoms with Crippen LogP contribution in [0.4, 0.5) is 10.7 Å². The molecule has 0 aromatic carbocycles. The molecular formula is C10H10BrN5O2S. The molecule has 0 radical (unpaired) electrons. The molecule has 0 aliphatic carbocycles. The molecule has 0 unspecified atom stereocenters. The Bertz CT molecular complexity index is 615. The van der Waals surface area contributed by atoms with E-state index in [1.165, 1.54) is 18.9 Å². The topological polar surface area (TPSA) is 92.8 Å². The van der Waals surface area contributed by atoms with Crippen LogP contribution in [0, 0.1) is 0 Å². The van der Waals surface area contributed by atoms with Gasteiger partial charge in [-0.15, -0.1) is 0 Å². The predicted octanol–water partition coefficient (Wildman–Crippen LogP) is 2.53. The standard InChI is InChI=1S/C10H10BrN5O2S/c1-18-10(17)16-8-13-6-5-12-9(15-7(6)14-8)19-4-2-3-11/h2-3,5H,4H2,1H3,(H2,12,13,14,15,16,17)/b3-2+. The number of ether oxygens (including phenoxy) is 1. The van der Waals surface area contributed by atoms with Crippen LogP contribution in [-0.2, 0) is 4.74 Å². The molecule has 100 valence electrons. The molecule has 2 N–H and O–H groups in total. The summed E-state index contributed by atoms with van der Waals surface area (Å²) in [6.07, 6.45) is 2.97. The molecule has 0 atom stereocenters. The van der Waals surface area contributed by atoms with E-state index >= 15 is 0 Å². The van der Waals surface area contributed by atoms with Gasteiger partial charge in [-0.1, -0.05) is 33.8 Å². The highest BCUT2D eigenvalue weighted by Crippen LogP contribution is 2.17. The van der Waals surface area contributed by atoms with Crippen LogP contribution in [0.15, 0.2) is 22.4 Å². The number of H-pyrrole nitrogens is 1. The van der Waals surface area contributed by atoms with E-state index in [2.05, 4.69) is 45.9 Å². The minimum absolute atomic E-state index is 0.277. The fourth-order valence-corrected chi connectivity index (χ4v) is 2.28. The van der Waals surface area contributed by atoms with E-state index < -0.39 is 6.09 Å². The van der Waals surface area contributed by atoms with E-state index in [0.717, 1.165) is 5.75 Å². The molecule has 7 nitrogen and oxygen atoms in total. The lowest BCUT2D eigenvalue weighted by Gasteiger charge is -1.96. The minimum atomic E-state index is -0.593. The highest BCUT2D eigenvalue weighted by molar-refractivity contribution is 9.11. The van der Waals surface area contributed by atoms with Gasteiger partial charge in [0.15, 0.2) is 10.8 Å². The van der Waals surface area contributed by atoms with Crippen molar-refractivity contribution < 1.29 is 9.53 Å². The van der Waals surface area contributed by atoms with Gasteiger partial charge in [0.2, 0.25) is 5.95 Å². The molecule has 0 spiro atoms. The van der Waals surface area contributed by atoms with Gasteiger partial charge in [0.05, 0.1) is 13.3 Å². The fraction of sp³-hybridized carbons (Fsp3) is 0.200. The number of anilines is 1. The molecular weight excluding hydrogens is 334 g/mol. The third kappa shape index (κ3) is 3.67. The van der Waals surface area contributed by atoms with Crippen molar-refractivity contribution in [1.82, 2.24) is 19.9 Å². The monoisotopic (exact) mass is 343 g/mol. The Morgan fingerprint density at radius 1 is 1.63 bits per heavy atom. The second kappa shape index (κ2) is 6.53. The highest BCUT2D eigenvalue weighted by atomic mass is 79.9. The van der Waals surface area contributed by atoms with Gasteiger partial charge in [-0.05, 0) is 4.99 Å². The van der Waals surface area contributed by atoms with Gasteiger partial charge < -0.3 is 9.72 Å². The third-order valence-corrected chi connectivity index (χ3v) is 3.21. The normalized spacial score (nSPS) is 11.1. The average molecular weight is 344 g/mol. The lowest BCUT2D eigenvalue weighted by atomic mass is 10.6. The first-order chi connectivity index (χ1) is 9.22. The molecule has 0 aliphatic rings. The molecule has 0 aliphatic heterocycles. The molecule has 0 saturated heterocycles. The van der Waals surface area contributed by atoms with Crippen LogP contribution in [-0.4, -0.2) is 38.9 Å². The molecule has 9 heteroatoms. The number of hydrogen-bond acceptors (Lipinski definition) is 6. The van der Waals surface area contributed by atoms with E-state index in [1.54, 1.807) is 11.2 Å². The molecule has 19 heavy (non-hydrogen) atoms. The SMILES string of the molecule is COC(=O)Nc1nc2nc(SC/C=C/Br)ncc2[nH]1. The molecule has 0 saturated carbocycles. The number of nitrogens with one attached hydrogen (secondary N) is 2. The van der Waals surface area contributed by atoms with Crippen molar-refractivity contribution in [3.8, 4) is 0 Å². The molecule has 2 rings (SSSR count). The van der Waals surface area contributed by atoms with Gasteiger partial charge in [-0.2, -0.15) is 4.98 Å². The van der Waals surface area contributed by atoms with Crippen LogP contribution in [0.2, 0.25) is 0 Å². The van der Waals surface area contributed by atoms with E-state index in [-0.39, 0.29) is 5.95 Å². The van der Waals surface area contributed by atoms with Crippen LogP contribution in [0.5, 0.6) is 0 Å². The maximum absolute atomic E-state index is 11.1. The molecule has 0 fully saturated rings. The Morgan fingerprint density at radius 3 is 3.21 bits per heavy atom. The Balaban J connectivity index is 2.16. The lowest BCUT2D eigenvalue weighted by molar-refractivity contribution is 0.186. The number of rotatable bonds is 4. The zero-order valence-electron chi connectivity index (χ0n) is 9.88. The Hall–Kier alpha value is -1.61. The summed E-state index contributed by atoms with van der Waals surface area (Å²) >= 11 is 4.67. The van der Waals surface area contributed by atoms with Crippen molar-refractivity contribution >= 4 is 50.9 Å². The van der Waals surface area contributed by atoms with Gasteiger partial charge in [-0.25, -0.2) is 14.8 Å². The summed E-state index contributed by atoms with van der Waals surface area (Å²) in [6.45, 7) is 0. The largest absolute Gasteiger partial charge is 0.453 e. The number of fused-ring (bicyclic) bond motifs is 1.